The van der Waals surface area contributed by atoms with E-state index in [2.05, 4.69) is 31.4 Å². The van der Waals surface area contributed by atoms with Gasteiger partial charge in [-0.1, -0.05) is 75.4 Å². The van der Waals surface area contributed by atoms with Crippen LogP contribution in [-0.2, 0) is 10.2 Å². The molecule has 2 amide bonds. The fourth-order valence-electron chi connectivity index (χ4n) is 3.79. The van der Waals surface area contributed by atoms with E-state index < -0.39 is 6.10 Å². The number of amides is 2. The third kappa shape index (κ3) is 5.87. The van der Waals surface area contributed by atoms with E-state index in [0.29, 0.717) is 22.7 Å². The van der Waals surface area contributed by atoms with Crippen molar-refractivity contribution in [2.75, 3.05) is 10.6 Å². The van der Waals surface area contributed by atoms with Gasteiger partial charge >= 0.3 is 0 Å². The summed E-state index contributed by atoms with van der Waals surface area (Å²) in [6.07, 6.45) is -0.708. The maximum absolute atomic E-state index is 12.8. The molecular formula is C30H30N2O3. The number of fused-ring (bicyclic) bond motifs is 1. The molecule has 0 heterocycles. The molecule has 1 atom stereocenters. The summed E-state index contributed by atoms with van der Waals surface area (Å²) in [6, 6.07) is 28.3. The second kappa shape index (κ2) is 10.0. The zero-order valence-electron chi connectivity index (χ0n) is 20.5. The Kier molecular flexibility index (Phi) is 6.87. The molecule has 0 aromatic heterocycles. The Hall–Kier alpha value is -4.12. The second-order valence-electron chi connectivity index (χ2n) is 9.59. The maximum Gasteiger partial charge on any atom is 0.265 e. The molecule has 0 radical (unpaired) electrons. The fraction of sp³-hybridized carbons (Fsp3) is 0.200. The van der Waals surface area contributed by atoms with Crippen molar-refractivity contribution in [2.24, 2.45) is 0 Å². The zero-order chi connectivity index (χ0) is 25.0. The highest BCUT2D eigenvalue weighted by atomic mass is 16.5. The van der Waals surface area contributed by atoms with Gasteiger partial charge in [-0.2, -0.15) is 0 Å². The van der Waals surface area contributed by atoms with Crippen molar-refractivity contribution < 1.29 is 14.3 Å². The molecular weight excluding hydrogens is 436 g/mol. The van der Waals surface area contributed by atoms with Crippen molar-refractivity contribution in [1.82, 2.24) is 0 Å². The first-order valence-electron chi connectivity index (χ1n) is 11.7. The van der Waals surface area contributed by atoms with Crippen LogP contribution in [-0.4, -0.2) is 17.9 Å². The Morgan fingerprint density at radius 1 is 0.771 bits per heavy atom. The predicted octanol–water partition coefficient (Wildman–Crippen LogP) is 6.80. The Morgan fingerprint density at radius 3 is 2.11 bits per heavy atom. The maximum atomic E-state index is 12.8. The van der Waals surface area contributed by atoms with E-state index in [1.807, 2.05) is 66.7 Å². The van der Waals surface area contributed by atoms with Gasteiger partial charge in [0.05, 0.1) is 0 Å². The van der Waals surface area contributed by atoms with E-state index in [1.54, 1.807) is 31.2 Å². The number of carbonyl (C=O) groups excluding carboxylic acids is 2. The summed E-state index contributed by atoms with van der Waals surface area (Å²) in [7, 11) is 0. The first-order chi connectivity index (χ1) is 16.7. The number of hydrogen-bond donors (Lipinski definition) is 2. The largest absolute Gasteiger partial charge is 0.480 e. The zero-order valence-corrected chi connectivity index (χ0v) is 20.5. The van der Waals surface area contributed by atoms with Crippen LogP contribution in [0.25, 0.3) is 10.8 Å². The van der Waals surface area contributed by atoms with Gasteiger partial charge in [0.25, 0.3) is 11.8 Å². The molecule has 0 bridgehead atoms. The Balaban J connectivity index is 1.40. The summed E-state index contributed by atoms with van der Waals surface area (Å²) in [5, 5.41) is 7.77. The number of carbonyl (C=O) groups is 2. The Bertz CT molecular complexity index is 1350. The normalized spacial score (nSPS) is 12.1. The van der Waals surface area contributed by atoms with Gasteiger partial charge in [0.1, 0.15) is 5.75 Å². The fourth-order valence-corrected chi connectivity index (χ4v) is 3.79. The number of hydrogen-bond acceptors (Lipinski definition) is 3. The average Bonchev–Trinajstić information content (AvgIpc) is 2.84. The van der Waals surface area contributed by atoms with Crippen LogP contribution in [0.2, 0.25) is 0 Å². The summed E-state index contributed by atoms with van der Waals surface area (Å²) < 4.78 is 5.97. The number of ether oxygens (including phenoxy) is 1. The summed E-state index contributed by atoms with van der Waals surface area (Å²) in [5.41, 5.74) is 2.93. The van der Waals surface area contributed by atoms with Crippen LogP contribution < -0.4 is 15.4 Å². The van der Waals surface area contributed by atoms with Gasteiger partial charge in [-0.15, -0.1) is 0 Å². The molecule has 0 spiro atoms. The Morgan fingerprint density at radius 2 is 1.40 bits per heavy atom. The van der Waals surface area contributed by atoms with Crippen molar-refractivity contribution in [1.29, 1.82) is 0 Å². The minimum absolute atomic E-state index is 0.0238. The van der Waals surface area contributed by atoms with Crippen LogP contribution in [0.5, 0.6) is 5.75 Å². The lowest BCUT2D eigenvalue weighted by molar-refractivity contribution is -0.122. The molecule has 178 valence electrons. The lowest BCUT2D eigenvalue weighted by Gasteiger charge is -2.19. The first kappa shape index (κ1) is 24.0. The molecule has 4 aromatic carbocycles. The van der Waals surface area contributed by atoms with Gasteiger partial charge in [-0.05, 0) is 59.7 Å². The molecule has 5 nitrogen and oxygen atoms in total. The first-order valence-corrected chi connectivity index (χ1v) is 11.7. The minimum atomic E-state index is -0.708. The summed E-state index contributed by atoms with van der Waals surface area (Å²) in [5.74, 6) is 0.171. The summed E-state index contributed by atoms with van der Waals surface area (Å²) >= 11 is 0. The lowest BCUT2D eigenvalue weighted by Crippen LogP contribution is -2.30. The molecule has 0 aliphatic carbocycles. The van der Waals surface area contributed by atoms with Crippen LogP contribution in [0, 0.1) is 0 Å². The van der Waals surface area contributed by atoms with E-state index in [-0.39, 0.29) is 17.2 Å². The molecule has 35 heavy (non-hydrogen) atoms. The molecule has 2 N–H and O–H groups in total. The SMILES string of the molecule is C[C@H](Oc1cccc2ccccc12)C(=O)Nc1cccc(NC(=O)c2ccc(C(C)(C)C)cc2)c1. The van der Waals surface area contributed by atoms with Crippen molar-refractivity contribution in [3.05, 3.63) is 102 Å². The third-order valence-electron chi connectivity index (χ3n) is 5.82. The second-order valence-corrected chi connectivity index (χ2v) is 9.59. The smallest absolute Gasteiger partial charge is 0.265 e. The van der Waals surface area contributed by atoms with Crippen LogP contribution in [0.4, 0.5) is 11.4 Å². The summed E-state index contributed by atoms with van der Waals surface area (Å²) in [4.78, 5) is 25.5. The molecule has 0 saturated heterocycles. The highest BCUT2D eigenvalue weighted by Gasteiger charge is 2.17. The quantitative estimate of drug-likeness (QED) is 0.328. The van der Waals surface area contributed by atoms with Crippen molar-refractivity contribution in [2.45, 2.75) is 39.2 Å². The van der Waals surface area contributed by atoms with E-state index in [4.69, 9.17) is 4.74 Å². The molecule has 0 saturated carbocycles. The lowest BCUT2D eigenvalue weighted by atomic mass is 9.87. The molecule has 0 fully saturated rings. The monoisotopic (exact) mass is 466 g/mol. The molecule has 4 rings (SSSR count). The number of anilines is 2. The van der Waals surface area contributed by atoms with Gasteiger partial charge < -0.3 is 15.4 Å². The van der Waals surface area contributed by atoms with Gasteiger partial charge in [0.2, 0.25) is 0 Å². The highest BCUT2D eigenvalue weighted by Crippen LogP contribution is 2.27. The van der Waals surface area contributed by atoms with Gasteiger partial charge in [0, 0.05) is 22.3 Å². The predicted molar refractivity (Wildman–Crippen MR) is 142 cm³/mol. The van der Waals surface area contributed by atoms with Gasteiger partial charge in [0.15, 0.2) is 6.10 Å². The van der Waals surface area contributed by atoms with Crippen LogP contribution >= 0.6 is 0 Å². The molecule has 0 aliphatic heterocycles. The molecule has 4 aromatic rings. The van der Waals surface area contributed by atoms with Crippen LogP contribution in [0.3, 0.4) is 0 Å². The molecule has 0 aliphatic rings. The molecule has 0 unspecified atom stereocenters. The van der Waals surface area contributed by atoms with E-state index >= 15 is 0 Å². The Labute approximate surface area is 206 Å². The number of rotatable bonds is 6. The average molecular weight is 467 g/mol. The van der Waals surface area contributed by atoms with E-state index in [9.17, 15) is 9.59 Å². The molecule has 5 heteroatoms. The number of nitrogens with one attached hydrogen (secondary N) is 2. The van der Waals surface area contributed by atoms with Crippen LogP contribution in [0.15, 0.2) is 91.0 Å². The van der Waals surface area contributed by atoms with Crippen molar-refractivity contribution in [3.8, 4) is 5.75 Å². The number of benzene rings is 4. The standard InChI is InChI=1S/C30H30N2O3/c1-20(35-27-14-7-10-21-9-5-6-13-26(21)27)28(33)31-24-11-8-12-25(19-24)32-29(34)22-15-17-23(18-16-22)30(2,3)4/h5-20H,1-4H3,(H,31,33)(H,32,34)/t20-/m0/s1. The van der Waals surface area contributed by atoms with Gasteiger partial charge in [-0.3, -0.25) is 9.59 Å². The van der Waals surface area contributed by atoms with Crippen molar-refractivity contribution in [3.63, 3.8) is 0 Å². The van der Waals surface area contributed by atoms with E-state index in [0.717, 1.165) is 10.8 Å². The van der Waals surface area contributed by atoms with Crippen LogP contribution in [0.1, 0.15) is 43.6 Å². The topological polar surface area (TPSA) is 67.4 Å². The van der Waals surface area contributed by atoms with E-state index in [1.165, 1.54) is 5.56 Å². The third-order valence-corrected chi connectivity index (χ3v) is 5.82. The van der Waals surface area contributed by atoms with Gasteiger partial charge in [-0.25, -0.2) is 0 Å². The minimum Gasteiger partial charge on any atom is -0.480 e. The highest BCUT2D eigenvalue weighted by molar-refractivity contribution is 6.04. The van der Waals surface area contributed by atoms with Crippen molar-refractivity contribution >= 4 is 34.0 Å². The summed E-state index contributed by atoms with van der Waals surface area (Å²) in [6.45, 7) is 8.12.